The zero-order valence-electron chi connectivity index (χ0n) is 10.9. The summed E-state index contributed by atoms with van der Waals surface area (Å²) in [5.41, 5.74) is 1.92. The highest BCUT2D eigenvalue weighted by Crippen LogP contribution is 2.16. The summed E-state index contributed by atoms with van der Waals surface area (Å²) in [5, 5.41) is 10.0. The van der Waals surface area contributed by atoms with Crippen LogP contribution in [0.25, 0.3) is 0 Å². The van der Waals surface area contributed by atoms with Gasteiger partial charge in [-0.2, -0.15) is 5.10 Å². The van der Waals surface area contributed by atoms with Gasteiger partial charge in [0.1, 0.15) is 0 Å². The van der Waals surface area contributed by atoms with Crippen molar-refractivity contribution in [1.29, 1.82) is 0 Å². The number of anilines is 1. The highest BCUT2D eigenvalue weighted by Gasteiger charge is 2.07. The maximum absolute atomic E-state index is 11.1. The quantitative estimate of drug-likeness (QED) is 0.806. The molecule has 1 N–H and O–H groups in total. The number of aryl methyl sites for hydroxylation is 1. The molecule has 0 aliphatic rings. The monoisotopic (exact) mass is 280 g/mol. The molecular weight excluding hydrogens is 264 g/mol. The molecule has 0 aromatic carbocycles. The van der Waals surface area contributed by atoms with Crippen LogP contribution in [-0.2, 0) is 29.4 Å². The van der Waals surface area contributed by atoms with Crippen LogP contribution in [0.1, 0.15) is 11.3 Å². The van der Waals surface area contributed by atoms with Crippen LogP contribution in [0, 0.1) is 0 Å². The Morgan fingerprint density at radius 1 is 1.58 bits per heavy atom. The molecule has 2 aromatic rings. The first-order valence-electron chi connectivity index (χ1n) is 5.90. The van der Waals surface area contributed by atoms with Gasteiger partial charge >= 0.3 is 5.97 Å². The Kier molecular flexibility index (Phi) is 4.51. The third-order valence-electron chi connectivity index (χ3n) is 2.55. The summed E-state index contributed by atoms with van der Waals surface area (Å²) >= 11 is 1.49. The fourth-order valence-electron chi connectivity index (χ4n) is 1.60. The van der Waals surface area contributed by atoms with Gasteiger partial charge in [-0.25, -0.2) is 4.98 Å². The van der Waals surface area contributed by atoms with Crippen LogP contribution in [0.5, 0.6) is 0 Å². The molecule has 0 aliphatic carbocycles. The molecule has 2 rings (SSSR count). The number of esters is 1. The summed E-state index contributed by atoms with van der Waals surface area (Å²) in [4.78, 5) is 15.4. The van der Waals surface area contributed by atoms with E-state index in [9.17, 15) is 4.79 Å². The van der Waals surface area contributed by atoms with Crippen LogP contribution >= 0.6 is 11.3 Å². The number of hydrogen-bond donors (Lipinski definition) is 1. The van der Waals surface area contributed by atoms with Crippen molar-refractivity contribution >= 4 is 22.4 Å². The van der Waals surface area contributed by atoms with Gasteiger partial charge in [0, 0.05) is 25.2 Å². The molecule has 2 aromatic heterocycles. The Labute approximate surface area is 115 Å². The van der Waals surface area contributed by atoms with E-state index in [1.807, 2.05) is 24.8 Å². The molecule has 0 saturated heterocycles. The lowest BCUT2D eigenvalue weighted by Crippen LogP contribution is -2.06. The van der Waals surface area contributed by atoms with E-state index >= 15 is 0 Å². The predicted molar refractivity (Wildman–Crippen MR) is 73.2 cm³/mol. The first kappa shape index (κ1) is 13.5. The highest BCUT2D eigenvalue weighted by molar-refractivity contribution is 7.13. The van der Waals surface area contributed by atoms with Crippen molar-refractivity contribution in [2.75, 3.05) is 19.0 Å². The fourth-order valence-corrected chi connectivity index (χ4v) is 2.34. The molecule has 0 bridgehead atoms. The standard InChI is InChI=1S/C12H16N4O2S/c1-16-7-9(6-14-16)3-4-13-12-15-10(8-19-12)5-11(17)18-2/h6-8H,3-5H2,1-2H3,(H,13,15). The van der Waals surface area contributed by atoms with E-state index in [0.717, 1.165) is 23.8 Å². The van der Waals surface area contributed by atoms with Crippen LogP contribution in [0.4, 0.5) is 5.13 Å². The lowest BCUT2D eigenvalue weighted by Gasteiger charge is -2.00. The van der Waals surface area contributed by atoms with Crippen LogP contribution in [0.3, 0.4) is 0 Å². The number of aromatic nitrogens is 3. The van der Waals surface area contributed by atoms with Gasteiger partial charge in [0.15, 0.2) is 5.13 Å². The number of hydrogen-bond acceptors (Lipinski definition) is 6. The molecule has 6 nitrogen and oxygen atoms in total. The third-order valence-corrected chi connectivity index (χ3v) is 3.40. The maximum atomic E-state index is 11.1. The smallest absolute Gasteiger partial charge is 0.311 e. The number of ether oxygens (including phenoxy) is 1. The van der Waals surface area contributed by atoms with Crippen LogP contribution in [-0.4, -0.2) is 34.4 Å². The molecule has 2 heterocycles. The Balaban J connectivity index is 1.78. The molecule has 0 amide bonds. The largest absolute Gasteiger partial charge is 0.469 e. The highest BCUT2D eigenvalue weighted by atomic mass is 32.1. The Morgan fingerprint density at radius 2 is 2.42 bits per heavy atom. The van der Waals surface area contributed by atoms with E-state index in [1.165, 1.54) is 24.0 Å². The van der Waals surface area contributed by atoms with Crippen molar-refractivity contribution in [3.8, 4) is 0 Å². The van der Waals surface area contributed by atoms with Crippen molar-refractivity contribution in [2.24, 2.45) is 7.05 Å². The third kappa shape index (κ3) is 4.06. The number of carbonyl (C=O) groups excluding carboxylic acids is 1. The zero-order chi connectivity index (χ0) is 13.7. The summed E-state index contributed by atoms with van der Waals surface area (Å²) < 4.78 is 6.39. The number of thiazole rings is 1. The fraction of sp³-hybridized carbons (Fsp3) is 0.417. The molecule has 0 saturated carbocycles. The minimum Gasteiger partial charge on any atom is -0.469 e. The molecule has 102 valence electrons. The van der Waals surface area contributed by atoms with E-state index in [1.54, 1.807) is 4.68 Å². The predicted octanol–water partition coefficient (Wildman–Crippen LogP) is 1.25. The number of nitrogens with zero attached hydrogens (tertiary/aromatic N) is 3. The Bertz CT molecular complexity index is 549. The molecule has 19 heavy (non-hydrogen) atoms. The van der Waals surface area contributed by atoms with Gasteiger partial charge in [-0.05, 0) is 12.0 Å². The lowest BCUT2D eigenvalue weighted by atomic mass is 10.2. The van der Waals surface area contributed by atoms with Crippen LogP contribution in [0.15, 0.2) is 17.8 Å². The zero-order valence-corrected chi connectivity index (χ0v) is 11.7. The second-order valence-electron chi connectivity index (χ2n) is 4.10. The van der Waals surface area contributed by atoms with Crippen molar-refractivity contribution < 1.29 is 9.53 Å². The second kappa shape index (κ2) is 6.33. The minimum atomic E-state index is -0.271. The van der Waals surface area contributed by atoms with Gasteiger partial charge in [-0.3, -0.25) is 9.48 Å². The number of rotatable bonds is 6. The average molecular weight is 280 g/mol. The van der Waals surface area contributed by atoms with Gasteiger partial charge < -0.3 is 10.1 Å². The number of carbonyl (C=O) groups is 1. The molecule has 0 aliphatic heterocycles. The first-order valence-corrected chi connectivity index (χ1v) is 6.78. The Morgan fingerprint density at radius 3 is 3.11 bits per heavy atom. The molecule has 0 unspecified atom stereocenters. The molecule has 0 fully saturated rings. The van der Waals surface area contributed by atoms with Gasteiger partial charge in [0.2, 0.25) is 0 Å². The Hall–Kier alpha value is -1.89. The number of methoxy groups -OCH3 is 1. The van der Waals surface area contributed by atoms with Gasteiger partial charge in [0.25, 0.3) is 0 Å². The average Bonchev–Trinajstić information content (AvgIpc) is 2.99. The van der Waals surface area contributed by atoms with E-state index in [2.05, 4.69) is 20.1 Å². The SMILES string of the molecule is COC(=O)Cc1csc(NCCc2cnn(C)c2)n1. The van der Waals surface area contributed by atoms with Gasteiger partial charge in [0.05, 0.1) is 25.4 Å². The van der Waals surface area contributed by atoms with Crippen molar-refractivity contribution in [3.63, 3.8) is 0 Å². The van der Waals surface area contributed by atoms with E-state index in [4.69, 9.17) is 0 Å². The van der Waals surface area contributed by atoms with Crippen LogP contribution in [0.2, 0.25) is 0 Å². The topological polar surface area (TPSA) is 69.0 Å². The summed E-state index contributed by atoms with van der Waals surface area (Å²) in [7, 11) is 3.28. The van der Waals surface area contributed by atoms with Crippen molar-refractivity contribution in [1.82, 2.24) is 14.8 Å². The summed E-state index contributed by atoms with van der Waals surface area (Å²) in [6, 6.07) is 0. The van der Waals surface area contributed by atoms with E-state index in [-0.39, 0.29) is 12.4 Å². The molecule has 0 atom stereocenters. The van der Waals surface area contributed by atoms with E-state index in [0.29, 0.717) is 0 Å². The normalized spacial score (nSPS) is 10.4. The molecule has 0 spiro atoms. The van der Waals surface area contributed by atoms with Gasteiger partial charge in [-0.1, -0.05) is 0 Å². The molecular formula is C12H16N4O2S. The number of nitrogens with one attached hydrogen (secondary N) is 1. The first-order chi connectivity index (χ1) is 9.17. The maximum Gasteiger partial charge on any atom is 0.311 e. The van der Waals surface area contributed by atoms with Crippen LogP contribution < -0.4 is 5.32 Å². The minimum absolute atomic E-state index is 0.220. The molecule has 0 radical (unpaired) electrons. The van der Waals surface area contributed by atoms with E-state index < -0.39 is 0 Å². The van der Waals surface area contributed by atoms with Crippen molar-refractivity contribution in [2.45, 2.75) is 12.8 Å². The van der Waals surface area contributed by atoms with Gasteiger partial charge in [-0.15, -0.1) is 11.3 Å². The second-order valence-corrected chi connectivity index (χ2v) is 4.95. The summed E-state index contributed by atoms with van der Waals surface area (Å²) in [6.45, 7) is 0.789. The summed E-state index contributed by atoms with van der Waals surface area (Å²) in [5.74, 6) is -0.271. The van der Waals surface area contributed by atoms with Crippen molar-refractivity contribution in [3.05, 3.63) is 29.0 Å². The lowest BCUT2D eigenvalue weighted by molar-refractivity contribution is -0.139. The summed E-state index contributed by atoms with van der Waals surface area (Å²) in [6.07, 6.45) is 4.95. The molecule has 7 heteroatoms.